The molecular formula is C10H19N5OS. The fraction of sp³-hybridized carbons (Fsp3) is 0.700. The number of aromatic amines is 1. The summed E-state index contributed by atoms with van der Waals surface area (Å²) in [5.74, 6) is 0.917. The van der Waals surface area contributed by atoms with Gasteiger partial charge in [0.05, 0.1) is 0 Å². The average Bonchev–Trinajstić information content (AvgIpc) is 2.69. The molecule has 1 aromatic heterocycles. The van der Waals surface area contributed by atoms with Crippen LogP contribution in [-0.4, -0.2) is 38.9 Å². The Morgan fingerprint density at radius 3 is 2.82 bits per heavy atom. The van der Waals surface area contributed by atoms with Gasteiger partial charge in [0.15, 0.2) is 0 Å². The van der Waals surface area contributed by atoms with Gasteiger partial charge in [-0.25, -0.2) is 4.98 Å². The number of primary amides is 1. The SMILES string of the molecule is CCCNC(C)(CSc1n[nH]c(C)n1)C(N)=O. The van der Waals surface area contributed by atoms with E-state index < -0.39 is 5.54 Å². The third kappa shape index (κ3) is 4.01. The molecule has 0 aromatic carbocycles. The van der Waals surface area contributed by atoms with E-state index in [0.29, 0.717) is 10.9 Å². The third-order valence-electron chi connectivity index (χ3n) is 2.38. The molecule has 1 rings (SSSR count). The first-order valence-corrected chi connectivity index (χ1v) is 6.53. The Kier molecular flexibility index (Phi) is 4.95. The lowest BCUT2D eigenvalue weighted by atomic mass is 10.1. The summed E-state index contributed by atoms with van der Waals surface area (Å²) < 4.78 is 0. The van der Waals surface area contributed by atoms with Gasteiger partial charge in [-0.15, -0.1) is 5.10 Å². The monoisotopic (exact) mass is 257 g/mol. The highest BCUT2D eigenvalue weighted by Crippen LogP contribution is 2.19. The zero-order valence-corrected chi connectivity index (χ0v) is 11.2. The number of H-pyrrole nitrogens is 1. The first kappa shape index (κ1) is 14.0. The lowest BCUT2D eigenvalue weighted by molar-refractivity contribution is -0.122. The van der Waals surface area contributed by atoms with Crippen LogP contribution in [0.1, 0.15) is 26.1 Å². The van der Waals surface area contributed by atoms with E-state index in [0.717, 1.165) is 18.8 Å². The molecule has 0 aliphatic rings. The summed E-state index contributed by atoms with van der Waals surface area (Å²) in [4.78, 5) is 15.6. The summed E-state index contributed by atoms with van der Waals surface area (Å²) in [6.45, 7) is 6.43. The van der Waals surface area contributed by atoms with Crippen LogP contribution in [0.15, 0.2) is 5.16 Å². The van der Waals surface area contributed by atoms with Crippen molar-refractivity contribution in [3.63, 3.8) is 0 Å². The number of nitrogens with one attached hydrogen (secondary N) is 2. The Morgan fingerprint density at radius 1 is 1.65 bits per heavy atom. The quantitative estimate of drug-likeness (QED) is 0.616. The maximum atomic E-state index is 11.5. The van der Waals surface area contributed by atoms with Crippen LogP contribution in [0, 0.1) is 6.92 Å². The molecule has 0 fully saturated rings. The van der Waals surface area contributed by atoms with Crippen molar-refractivity contribution in [2.24, 2.45) is 5.73 Å². The molecule has 17 heavy (non-hydrogen) atoms. The second kappa shape index (κ2) is 6.02. The smallest absolute Gasteiger partial charge is 0.238 e. The highest BCUT2D eigenvalue weighted by molar-refractivity contribution is 7.99. The molecular weight excluding hydrogens is 238 g/mol. The van der Waals surface area contributed by atoms with Crippen molar-refractivity contribution in [2.45, 2.75) is 37.9 Å². The summed E-state index contributed by atoms with van der Waals surface area (Å²) in [7, 11) is 0. The molecule has 0 bridgehead atoms. The topological polar surface area (TPSA) is 96.7 Å². The number of aromatic nitrogens is 3. The number of nitrogens with zero attached hydrogens (tertiary/aromatic N) is 2. The van der Waals surface area contributed by atoms with Crippen LogP contribution < -0.4 is 11.1 Å². The van der Waals surface area contributed by atoms with Crippen molar-refractivity contribution in [3.8, 4) is 0 Å². The molecule has 1 aromatic rings. The van der Waals surface area contributed by atoms with Crippen LogP contribution in [0.2, 0.25) is 0 Å². The first-order valence-electron chi connectivity index (χ1n) is 5.54. The molecule has 1 unspecified atom stereocenters. The number of carbonyl (C=O) groups excluding carboxylic acids is 1. The second-order valence-corrected chi connectivity index (χ2v) is 5.06. The lowest BCUT2D eigenvalue weighted by Gasteiger charge is -2.26. The minimum absolute atomic E-state index is 0.356. The zero-order valence-electron chi connectivity index (χ0n) is 10.4. The number of rotatable bonds is 7. The van der Waals surface area contributed by atoms with Crippen molar-refractivity contribution < 1.29 is 4.79 Å². The number of thioether (sulfide) groups is 1. The van der Waals surface area contributed by atoms with Crippen LogP contribution in [0.25, 0.3) is 0 Å². The second-order valence-electron chi connectivity index (χ2n) is 4.12. The number of hydrogen-bond donors (Lipinski definition) is 3. The van der Waals surface area contributed by atoms with Crippen molar-refractivity contribution >= 4 is 17.7 Å². The Morgan fingerprint density at radius 2 is 2.35 bits per heavy atom. The molecule has 1 heterocycles. The van der Waals surface area contributed by atoms with Gasteiger partial charge in [0.1, 0.15) is 11.4 Å². The molecule has 1 amide bonds. The highest BCUT2D eigenvalue weighted by Gasteiger charge is 2.30. The molecule has 96 valence electrons. The standard InChI is InChI=1S/C10H19N5OS/c1-4-5-12-10(3,8(11)16)6-17-9-13-7(2)14-15-9/h12H,4-6H2,1-3H3,(H2,11,16)(H,13,14,15). The highest BCUT2D eigenvalue weighted by atomic mass is 32.2. The van der Waals surface area contributed by atoms with E-state index in [4.69, 9.17) is 5.73 Å². The number of nitrogens with two attached hydrogens (primary N) is 1. The zero-order chi connectivity index (χ0) is 12.9. The number of amides is 1. The summed E-state index contributed by atoms with van der Waals surface area (Å²) in [6, 6.07) is 0. The lowest BCUT2D eigenvalue weighted by Crippen LogP contribution is -2.55. The van der Waals surface area contributed by atoms with E-state index in [1.165, 1.54) is 11.8 Å². The van der Waals surface area contributed by atoms with E-state index >= 15 is 0 Å². The summed E-state index contributed by atoms with van der Waals surface area (Å²) in [5, 5.41) is 10.6. The van der Waals surface area contributed by atoms with Crippen LogP contribution >= 0.6 is 11.8 Å². The van der Waals surface area contributed by atoms with Gasteiger partial charge in [-0.3, -0.25) is 9.89 Å². The Labute approximate surface area is 105 Å². The van der Waals surface area contributed by atoms with Crippen LogP contribution in [0.4, 0.5) is 0 Å². The van der Waals surface area contributed by atoms with Crippen LogP contribution in [0.5, 0.6) is 0 Å². The predicted octanol–water partition coefficient (Wildman–Crippen LogP) is 0.449. The molecule has 0 aliphatic heterocycles. The van der Waals surface area contributed by atoms with Gasteiger partial charge < -0.3 is 11.1 Å². The largest absolute Gasteiger partial charge is 0.368 e. The van der Waals surface area contributed by atoms with Crippen molar-refractivity contribution in [2.75, 3.05) is 12.3 Å². The molecule has 4 N–H and O–H groups in total. The maximum Gasteiger partial charge on any atom is 0.238 e. The van der Waals surface area contributed by atoms with Gasteiger partial charge in [0.2, 0.25) is 11.1 Å². The van der Waals surface area contributed by atoms with E-state index in [1.54, 1.807) is 6.92 Å². The molecule has 7 heteroatoms. The minimum atomic E-state index is -0.727. The molecule has 6 nitrogen and oxygen atoms in total. The van der Waals surface area contributed by atoms with Gasteiger partial charge in [-0.05, 0) is 26.8 Å². The number of aryl methyl sites for hydroxylation is 1. The fourth-order valence-electron chi connectivity index (χ4n) is 1.21. The van der Waals surface area contributed by atoms with Crippen molar-refractivity contribution in [1.82, 2.24) is 20.5 Å². The first-order chi connectivity index (χ1) is 7.98. The molecule has 0 spiro atoms. The van der Waals surface area contributed by atoms with Gasteiger partial charge in [-0.2, -0.15) is 0 Å². The third-order valence-corrected chi connectivity index (χ3v) is 3.54. The molecule has 0 saturated heterocycles. The fourth-order valence-corrected chi connectivity index (χ4v) is 2.18. The molecule has 0 radical (unpaired) electrons. The minimum Gasteiger partial charge on any atom is -0.368 e. The Bertz CT molecular complexity index is 381. The Balaban J connectivity index is 2.58. The predicted molar refractivity (Wildman–Crippen MR) is 67.7 cm³/mol. The Hall–Kier alpha value is -1.08. The molecule has 1 atom stereocenters. The van der Waals surface area contributed by atoms with Crippen molar-refractivity contribution in [1.29, 1.82) is 0 Å². The summed E-state index contributed by atoms with van der Waals surface area (Å²) in [5.41, 5.74) is 4.69. The van der Waals surface area contributed by atoms with E-state index in [9.17, 15) is 4.79 Å². The van der Waals surface area contributed by atoms with Crippen molar-refractivity contribution in [3.05, 3.63) is 5.82 Å². The molecule has 0 saturated carbocycles. The van der Waals surface area contributed by atoms with E-state index in [2.05, 4.69) is 20.5 Å². The number of carbonyl (C=O) groups is 1. The van der Waals surface area contributed by atoms with Gasteiger partial charge in [0.25, 0.3) is 0 Å². The summed E-state index contributed by atoms with van der Waals surface area (Å²) in [6.07, 6.45) is 0.952. The van der Waals surface area contributed by atoms with E-state index in [-0.39, 0.29) is 5.91 Å². The van der Waals surface area contributed by atoms with Gasteiger partial charge >= 0.3 is 0 Å². The number of hydrogen-bond acceptors (Lipinski definition) is 5. The van der Waals surface area contributed by atoms with Gasteiger partial charge in [0, 0.05) is 5.75 Å². The average molecular weight is 257 g/mol. The normalized spacial score (nSPS) is 14.5. The van der Waals surface area contributed by atoms with Crippen LogP contribution in [0.3, 0.4) is 0 Å². The maximum absolute atomic E-state index is 11.5. The van der Waals surface area contributed by atoms with E-state index in [1.807, 2.05) is 13.8 Å². The van der Waals surface area contributed by atoms with Crippen LogP contribution in [-0.2, 0) is 4.79 Å². The molecule has 0 aliphatic carbocycles. The van der Waals surface area contributed by atoms with Gasteiger partial charge in [-0.1, -0.05) is 18.7 Å². The summed E-state index contributed by atoms with van der Waals surface area (Å²) >= 11 is 1.41.